The van der Waals surface area contributed by atoms with E-state index in [2.05, 4.69) is 16.7 Å². The molecule has 0 bridgehead atoms. The summed E-state index contributed by atoms with van der Waals surface area (Å²) >= 11 is 7.65. The number of amides is 1. The van der Waals surface area contributed by atoms with Crippen LogP contribution in [0.1, 0.15) is 35.7 Å². The molecule has 1 unspecified atom stereocenters. The second-order valence-corrected chi connectivity index (χ2v) is 7.38. The molecule has 23 heavy (non-hydrogen) atoms. The van der Waals surface area contributed by atoms with E-state index in [4.69, 9.17) is 11.6 Å². The maximum absolute atomic E-state index is 12.5. The monoisotopic (exact) mass is 348 g/mol. The van der Waals surface area contributed by atoms with Crippen molar-refractivity contribution in [2.24, 2.45) is 5.92 Å². The van der Waals surface area contributed by atoms with Crippen LogP contribution < -0.4 is 10.6 Å². The van der Waals surface area contributed by atoms with Gasteiger partial charge in [-0.1, -0.05) is 29.8 Å². The Balaban J connectivity index is 1.71. The molecule has 0 aliphatic carbocycles. The lowest BCUT2D eigenvalue weighted by Gasteiger charge is -2.24. The van der Waals surface area contributed by atoms with Gasteiger partial charge in [-0.3, -0.25) is 4.79 Å². The Labute approximate surface area is 146 Å². The minimum atomic E-state index is -0.0958. The molecule has 5 heteroatoms. The Hall–Kier alpha value is -1.36. The van der Waals surface area contributed by atoms with Gasteiger partial charge >= 0.3 is 0 Å². The molecule has 1 aromatic heterocycles. The third-order valence-electron chi connectivity index (χ3n) is 4.27. The highest BCUT2D eigenvalue weighted by atomic mass is 35.5. The Morgan fingerprint density at radius 2 is 2.00 bits per heavy atom. The molecule has 2 N–H and O–H groups in total. The van der Waals surface area contributed by atoms with Gasteiger partial charge in [0.25, 0.3) is 0 Å². The van der Waals surface area contributed by atoms with Crippen LogP contribution in [0.3, 0.4) is 0 Å². The summed E-state index contributed by atoms with van der Waals surface area (Å²) in [5.41, 5.74) is 1.07. The Bertz CT molecular complexity index is 621. The molecule has 1 saturated heterocycles. The van der Waals surface area contributed by atoms with Crippen molar-refractivity contribution >= 4 is 28.8 Å². The van der Waals surface area contributed by atoms with E-state index in [1.165, 1.54) is 0 Å². The highest BCUT2D eigenvalue weighted by Gasteiger charge is 2.21. The van der Waals surface area contributed by atoms with Gasteiger partial charge in [0.05, 0.1) is 6.04 Å². The third-order valence-corrected chi connectivity index (χ3v) is 5.46. The van der Waals surface area contributed by atoms with Crippen LogP contribution in [0.4, 0.5) is 0 Å². The molecule has 1 aliphatic rings. The summed E-state index contributed by atoms with van der Waals surface area (Å²) in [6.45, 7) is 2.03. The first-order valence-electron chi connectivity index (χ1n) is 8.01. The van der Waals surface area contributed by atoms with E-state index >= 15 is 0 Å². The van der Waals surface area contributed by atoms with Crippen LogP contribution >= 0.6 is 22.9 Å². The molecule has 0 saturated carbocycles. The van der Waals surface area contributed by atoms with Crippen molar-refractivity contribution in [2.75, 3.05) is 13.1 Å². The van der Waals surface area contributed by atoms with Gasteiger partial charge in [-0.2, -0.15) is 0 Å². The van der Waals surface area contributed by atoms with Crippen molar-refractivity contribution < 1.29 is 4.79 Å². The average Bonchev–Trinajstić information content (AvgIpc) is 3.09. The highest BCUT2D eigenvalue weighted by Crippen LogP contribution is 2.27. The molecule has 2 heterocycles. The summed E-state index contributed by atoms with van der Waals surface area (Å²) in [6.07, 6.45) is 2.77. The maximum Gasteiger partial charge on any atom is 0.221 e. The number of carbonyl (C=O) groups excluding carboxylic acids is 1. The number of nitrogens with one attached hydrogen (secondary N) is 2. The maximum atomic E-state index is 12.5. The van der Waals surface area contributed by atoms with Crippen LogP contribution in [-0.2, 0) is 4.79 Å². The van der Waals surface area contributed by atoms with E-state index in [-0.39, 0.29) is 11.9 Å². The number of carbonyl (C=O) groups is 1. The van der Waals surface area contributed by atoms with Gasteiger partial charge < -0.3 is 10.6 Å². The summed E-state index contributed by atoms with van der Waals surface area (Å²) in [5.74, 6) is 0.621. The summed E-state index contributed by atoms with van der Waals surface area (Å²) in [6, 6.07) is 11.7. The van der Waals surface area contributed by atoms with Crippen molar-refractivity contribution in [3.05, 3.63) is 57.2 Å². The molecule has 1 fully saturated rings. The van der Waals surface area contributed by atoms with Crippen molar-refractivity contribution in [2.45, 2.75) is 25.3 Å². The average molecular weight is 349 g/mol. The minimum Gasteiger partial charge on any atom is -0.344 e. The molecule has 3 rings (SSSR count). The normalized spacial score (nSPS) is 16.9. The lowest BCUT2D eigenvalue weighted by atomic mass is 9.94. The van der Waals surface area contributed by atoms with Crippen LogP contribution in [0, 0.1) is 5.92 Å². The standard InChI is InChI=1S/C18H21ClN2OS/c19-15-5-3-14(4-6-15)18(16-2-1-11-23-16)21-17(22)12-13-7-9-20-10-8-13/h1-6,11,13,18,20H,7-10,12H2,(H,21,22). The van der Waals surface area contributed by atoms with Crippen LogP contribution in [0.25, 0.3) is 0 Å². The van der Waals surface area contributed by atoms with Gasteiger partial charge in [0, 0.05) is 16.3 Å². The van der Waals surface area contributed by atoms with Gasteiger partial charge in [0.15, 0.2) is 0 Å². The molecule has 1 amide bonds. The Morgan fingerprint density at radius 1 is 1.26 bits per heavy atom. The number of hydrogen-bond donors (Lipinski definition) is 2. The number of rotatable bonds is 5. The van der Waals surface area contributed by atoms with Gasteiger partial charge in [-0.25, -0.2) is 0 Å². The van der Waals surface area contributed by atoms with E-state index in [1.807, 2.05) is 35.7 Å². The SMILES string of the molecule is O=C(CC1CCNCC1)NC(c1ccc(Cl)cc1)c1cccs1. The first-order valence-corrected chi connectivity index (χ1v) is 9.27. The van der Waals surface area contributed by atoms with Crippen LogP contribution in [-0.4, -0.2) is 19.0 Å². The Morgan fingerprint density at radius 3 is 2.65 bits per heavy atom. The summed E-state index contributed by atoms with van der Waals surface area (Å²) in [5, 5.41) is 9.30. The minimum absolute atomic E-state index is 0.0958. The fourth-order valence-electron chi connectivity index (χ4n) is 3.00. The van der Waals surface area contributed by atoms with E-state index < -0.39 is 0 Å². The highest BCUT2D eigenvalue weighted by molar-refractivity contribution is 7.10. The number of piperidine rings is 1. The lowest BCUT2D eigenvalue weighted by Crippen LogP contribution is -2.34. The van der Waals surface area contributed by atoms with Gasteiger partial charge in [-0.05, 0) is 61.0 Å². The van der Waals surface area contributed by atoms with Crippen molar-refractivity contribution in [3.63, 3.8) is 0 Å². The molecular weight excluding hydrogens is 328 g/mol. The molecule has 1 atom stereocenters. The molecule has 2 aromatic rings. The van der Waals surface area contributed by atoms with Crippen LogP contribution in [0.15, 0.2) is 41.8 Å². The quantitative estimate of drug-likeness (QED) is 0.857. The van der Waals surface area contributed by atoms with Crippen molar-refractivity contribution in [1.29, 1.82) is 0 Å². The van der Waals surface area contributed by atoms with E-state index in [1.54, 1.807) is 11.3 Å². The number of thiophene rings is 1. The van der Waals surface area contributed by atoms with Crippen LogP contribution in [0.5, 0.6) is 0 Å². The second-order valence-electron chi connectivity index (χ2n) is 5.96. The predicted molar refractivity (Wildman–Crippen MR) is 96.0 cm³/mol. The lowest BCUT2D eigenvalue weighted by molar-refractivity contribution is -0.122. The largest absolute Gasteiger partial charge is 0.344 e. The third kappa shape index (κ3) is 4.56. The molecule has 1 aromatic carbocycles. The molecule has 122 valence electrons. The zero-order valence-corrected chi connectivity index (χ0v) is 14.5. The fourth-order valence-corrected chi connectivity index (χ4v) is 3.93. The zero-order valence-electron chi connectivity index (χ0n) is 12.9. The first kappa shape index (κ1) is 16.5. The summed E-state index contributed by atoms with van der Waals surface area (Å²) in [7, 11) is 0. The smallest absolute Gasteiger partial charge is 0.221 e. The van der Waals surface area contributed by atoms with Gasteiger partial charge in [0.2, 0.25) is 5.91 Å². The first-order chi connectivity index (χ1) is 11.2. The molecule has 0 radical (unpaired) electrons. The van der Waals surface area contributed by atoms with Gasteiger partial charge in [0.1, 0.15) is 0 Å². The molecular formula is C18H21ClN2OS. The van der Waals surface area contributed by atoms with E-state index in [0.717, 1.165) is 36.4 Å². The Kier molecular flexibility index (Phi) is 5.70. The zero-order chi connectivity index (χ0) is 16.1. The van der Waals surface area contributed by atoms with Gasteiger partial charge in [-0.15, -0.1) is 11.3 Å². The number of hydrogen-bond acceptors (Lipinski definition) is 3. The molecule has 1 aliphatic heterocycles. The number of benzene rings is 1. The fraction of sp³-hybridized carbons (Fsp3) is 0.389. The summed E-state index contributed by atoms with van der Waals surface area (Å²) in [4.78, 5) is 13.6. The van der Waals surface area contributed by atoms with Crippen molar-refractivity contribution in [1.82, 2.24) is 10.6 Å². The second kappa shape index (κ2) is 7.95. The topological polar surface area (TPSA) is 41.1 Å². The van der Waals surface area contributed by atoms with E-state index in [9.17, 15) is 4.79 Å². The molecule has 0 spiro atoms. The van der Waals surface area contributed by atoms with Crippen molar-refractivity contribution in [3.8, 4) is 0 Å². The van der Waals surface area contributed by atoms with E-state index in [0.29, 0.717) is 17.4 Å². The number of halogens is 1. The predicted octanol–water partition coefficient (Wildman–Crippen LogP) is 4.00. The summed E-state index contributed by atoms with van der Waals surface area (Å²) < 4.78 is 0. The molecule has 3 nitrogen and oxygen atoms in total. The van der Waals surface area contributed by atoms with Crippen LogP contribution in [0.2, 0.25) is 5.02 Å².